The topological polar surface area (TPSA) is 79.2 Å². The number of allylic oxidation sites excluding steroid dienone is 1. The highest BCUT2D eigenvalue weighted by atomic mass is 16.6. The molecule has 1 saturated heterocycles. The van der Waals surface area contributed by atoms with Gasteiger partial charge in [-0.1, -0.05) is 38.3 Å². The SMILES string of the molecule is CCCCCC/C=C/CO[C@@H]1[C@H]([C@H](O)CO)OC[C@@H]1O. The average molecular weight is 288 g/mol. The number of aliphatic hydroxyl groups is 3. The fourth-order valence-corrected chi connectivity index (χ4v) is 2.30. The van der Waals surface area contributed by atoms with Crippen molar-refractivity contribution in [3.05, 3.63) is 12.2 Å². The minimum atomic E-state index is -1.02. The lowest BCUT2D eigenvalue weighted by Gasteiger charge is -2.23. The molecule has 0 aromatic heterocycles. The number of hydrogen-bond acceptors (Lipinski definition) is 5. The van der Waals surface area contributed by atoms with Gasteiger partial charge in [0.25, 0.3) is 0 Å². The molecule has 3 N–H and O–H groups in total. The summed E-state index contributed by atoms with van der Waals surface area (Å²) in [5.74, 6) is 0. The van der Waals surface area contributed by atoms with Crippen molar-refractivity contribution in [2.45, 2.75) is 63.4 Å². The monoisotopic (exact) mass is 288 g/mol. The van der Waals surface area contributed by atoms with E-state index in [0.717, 1.165) is 6.42 Å². The molecule has 118 valence electrons. The van der Waals surface area contributed by atoms with Crippen molar-refractivity contribution in [2.24, 2.45) is 0 Å². The Hall–Kier alpha value is -0.460. The smallest absolute Gasteiger partial charge is 0.115 e. The maximum atomic E-state index is 9.74. The minimum Gasteiger partial charge on any atom is -0.394 e. The van der Waals surface area contributed by atoms with Gasteiger partial charge in [-0.25, -0.2) is 0 Å². The van der Waals surface area contributed by atoms with Gasteiger partial charge in [-0.05, 0) is 12.8 Å². The number of unbranched alkanes of at least 4 members (excludes halogenated alkanes) is 4. The molecule has 0 amide bonds. The molecule has 0 radical (unpaired) electrons. The van der Waals surface area contributed by atoms with Crippen LogP contribution in [0.3, 0.4) is 0 Å². The van der Waals surface area contributed by atoms with Crippen LogP contribution in [0.2, 0.25) is 0 Å². The van der Waals surface area contributed by atoms with E-state index in [2.05, 4.69) is 13.0 Å². The third-order valence-corrected chi connectivity index (χ3v) is 3.50. The van der Waals surface area contributed by atoms with E-state index in [1.165, 1.54) is 25.7 Å². The van der Waals surface area contributed by atoms with Crippen LogP contribution in [0.5, 0.6) is 0 Å². The van der Waals surface area contributed by atoms with Crippen molar-refractivity contribution >= 4 is 0 Å². The van der Waals surface area contributed by atoms with Gasteiger partial charge in [0.05, 0.1) is 19.8 Å². The fourth-order valence-electron chi connectivity index (χ4n) is 2.30. The third-order valence-electron chi connectivity index (χ3n) is 3.50. The Morgan fingerprint density at radius 3 is 2.80 bits per heavy atom. The molecule has 0 unspecified atom stereocenters. The van der Waals surface area contributed by atoms with E-state index in [-0.39, 0.29) is 6.61 Å². The number of hydrogen-bond donors (Lipinski definition) is 3. The molecule has 1 aliphatic rings. The van der Waals surface area contributed by atoms with E-state index in [1.54, 1.807) is 0 Å². The fraction of sp³-hybridized carbons (Fsp3) is 0.867. The Labute approximate surface area is 121 Å². The zero-order chi connectivity index (χ0) is 14.8. The summed E-state index contributed by atoms with van der Waals surface area (Å²) in [7, 11) is 0. The first-order valence-electron chi connectivity index (χ1n) is 7.55. The summed E-state index contributed by atoms with van der Waals surface area (Å²) in [6.07, 6.45) is 6.99. The molecule has 0 spiro atoms. The van der Waals surface area contributed by atoms with Crippen LogP contribution in [0.4, 0.5) is 0 Å². The van der Waals surface area contributed by atoms with Gasteiger partial charge >= 0.3 is 0 Å². The molecular formula is C15H28O5. The Balaban J connectivity index is 2.20. The second-order valence-corrected chi connectivity index (χ2v) is 5.23. The molecule has 1 heterocycles. The van der Waals surface area contributed by atoms with Crippen LogP contribution >= 0.6 is 0 Å². The van der Waals surface area contributed by atoms with Crippen LogP contribution in [-0.2, 0) is 9.47 Å². The maximum absolute atomic E-state index is 9.74. The Morgan fingerprint density at radius 2 is 2.10 bits per heavy atom. The highest BCUT2D eigenvalue weighted by Gasteiger charge is 2.40. The molecule has 1 rings (SSSR count). The van der Waals surface area contributed by atoms with Crippen LogP contribution < -0.4 is 0 Å². The summed E-state index contributed by atoms with van der Waals surface area (Å²) < 4.78 is 10.8. The number of rotatable bonds is 10. The first-order chi connectivity index (χ1) is 9.70. The molecular weight excluding hydrogens is 260 g/mol. The molecule has 0 bridgehead atoms. The second kappa shape index (κ2) is 10.3. The van der Waals surface area contributed by atoms with Gasteiger partial charge < -0.3 is 24.8 Å². The zero-order valence-electron chi connectivity index (χ0n) is 12.3. The van der Waals surface area contributed by atoms with Gasteiger partial charge in [0.15, 0.2) is 0 Å². The highest BCUT2D eigenvalue weighted by molar-refractivity contribution is 4.90. The summed E-state index contributed by atoms with van der Waals surface area (Å²) in [6.45, 7) is 2.31. The van der Waals surface area contributed by atoms with Crippen LogP contribution in [-0.4, -0.2) is 59.6 Å². The highest BCUT2D eigenvalue weighted by Crippen LogP contribution is 2.20. The Kier molecular flexibility index (Phi) is 9.05. The Morgan fingerprint density at radius 1 is 1.30 bits per heavy atom. The normalized spacial score (nSPS) is 28.3. The van der Waals surface area contributed by atoms with Crippen molar-refractivity contribution in [2.75, 3.05) is 19.8 Å². The molecule has 1 fully saturated rings. The lowest BCUT2D eigenvalue weighted by molar-refractivity contribution is -0.0879. The summed E-state index contributed by atoms with van der Waals surface area (Å²) in [5.41, 5.74) is 0. The van der Waals surface area contributed by atoms with Crippen LogP contribution in [0.15, 0.2) is 12.2 Å². The van der Waals surface area contributed by atoms with E-state index in [0.29, 0.717) is 6.61 Å². The summed E-state index contributed by atoms with van der Waals surface area (Å²) in [5, 5.41) is 28.3. The van der Waals surface area contributed by atoms with Crippen LogP contribution in [0.25, 0.3) is 0 Å². The van der Waals surface area contributed by atoms with Crippen molar-refractivity contribution in [1.29, 1.82) is 0 Å². The summed E-state index contributed by atoms with van der Waals surface area (Å²) in [4.78, 5) is 0. The Bertz CT molecular complexity index is 269. The van der Waals surface area contributed by atoms with Gasteiger partial charge in [0.1, 0.15) is 24.4 Å². The second-order valence-electron chi connectivity index (χ2n) is 5.23. The zero-order valence-corrected chi connectivity index (χ0v) is 12.3. The third kappa shape index (κ3) is 5.89. The molecule has 0 saturated carbocycles. The first-order valence-corrected chi connectivity index (χ1v) is 7.55. The summed E-state index contributed by atoms with van der Waals surface area (Å²) in [6, 6.07) is 0. The predicted molar refractivity (Wildman–Crippen MR) is 76.5 cm³/mol. The van der Waals surface area contributed by atoms with Gasteiger partial charge in [-0.15, -0.1) is 0 Å². The predicted octanol–water partition coefficient (Wildman–Crippen LogP) is 1.01. The first kappa shape index (κ1) is 17.6. The molecule has 0 aromatic carbocycles. The average Bonchev–Trinajstić information content (AvgIpc) is 2.82. The number of ether oxygens (including phenoxy) is 2. The number of aliphatic hydroxyl groups excluding tert-OH is 3. The van der Waals surface area contributed by atoms with Crippen molar-refractivity contribution in [1.82, 2.24) is 0 Å². The molecule has 0 aliphatic carbocycles. The van der Waals surface area contributed by atoms with Gasteiger partial charge in [-0.3, -0.25) is 0 Å². The molecule has 4 atom stereocenters. The van der Waals surface area contributed by atoms with Crippen LogP contribution in [0.1, 0.15) is 39.0 Å². The maximum Gasteiger partial charge on any atom is 0.115 e. The summed E-state index contributed by atoms with van der Waals surface area (Å²) >= 11 is 0. The van der Waals surface area contributed by atoms with Crippen molar-refractivity contribution in [3.8, 4) is 0 Å². The van der Waals surface area contributed by atoms with Gasteiger partial charge in [-0.2, -0.15) is 0 Å². The van der Waals surface area contributed by atoms with Gasteiger partial charge in [0, 0.05) is 0 Å². The van der Waals surface area contributed by atoms with E-state index in [9.17, 15) is 10.2 Å². The molecule has 0 aromatic rings. The molecule has 1 aliphatic heterocycles. The molecule has 20 heavy (non-hydrogen) atoms. The van der Waals surface area contributed by atoms with E-state index in [1.807, 2.05) is 6.08 Å². The molecule has 5 nitrogen and oxygen atoms in total. The largest absolute Gasteiger partial charge is 0.394 e. The standard InChI is InChI=1S/C15H28O5/c1-2-3-4-5-6-7-8-9-19-15-13(18)11-20-14(15)12(17)10-16/h7-8,12-18H,2-6,9-11H2,1H3/b8-7+/t12-,13+,14+,15+/m1/s1. The van der Waals surface area contributed by atoms with Crippen molar-refractivity contribution in [3.63, 3.8) is 0 Å². The lowest BCUT2D eigenvalue weighted by atomic mass is 10.1. The van der Waals surface area contributed by atoms with Crippen LogP contribution in [0, 0.1) is 0 Å². The van der Waals surface area contributed by atoms with E-state index < -0.39 is 31.0 Å². The quantitative estimate of drug-likeness (QED) is 0.413. The minimum absolute atomic E-state index is 0.132. The van der Waals surface area contributed by atoms with Crippen molar-refractivity contribution < 1.29 is 24.8 Å². The molecule has 5 heteroatoms. The van der Waals surface area contributed by atoms with E-state index >= 15 is 0 Å². The van der Waals surface area contributed by atoms with E-state index in [4.69, 9.17) is 14.6 Å². The lowest BCUT2D eigenvalue weighted by Crippen LogP contribution is -2.42. The van der Waals surface area contributed by atoms with Gasteiger partial charge in [0.2, 0.25) is 0 Å².